The van der Waals surface area contributed by atoms with Crippen molar-refractivity contribution in [2.24, 2.45) is 28.6 Å². The van der Waals surface area contributed by atoms with E-state index in [0.29, 0.717) is 36.8 Å². The summed E-state index contributed by atoms with van der Waals surface area (Å²) in [7, 11) is 0. The Kier molecular flexibility index (Phi) is 6.54. The zero-order valence-corrected chi connectivity index (χ0v) is 21.9. The first-order chi connectivity index (χ1) is 16.1. The van der Waals surface area contributed by atoms with Crippen LogP contribution < -0.4 is 0 Å². The molecule has 1 heterocycles. The molecule has 8 heteroatoms. The normalized spacial score (nSPS) is 44.1. The number of ketones is 2. The number of morpholine rings is 1. The quantitative estimate of drug-likeness (QED) is 0.564. The number of thioether (sulfide) groups is 1. The number of Topliss-reactive ketones (excluding diaryl/α,β-unsaturated/α-hetero) is 1. The summed E-state index contributed by atoms with van der Waals surface area (Å²) in [5, 5.41) is 23.4. The summed E-state index contributed by atoms with van der Waals surface area (Å²) in [6.07, 6.45) is 6.05. The monoisotopic (exact) mass is 507 g/mol. The molecule has 5 rings (SSSR count). The molecule has 4 aliphatic carbocycles. The molecule has 0 amide bonds. The van der Waals surface area contributed by atoms with Crippen LogP contribution in [0.25, 0.3) is 0 Å². The molecule has 188 valence electrons. The van der Waals surface area contributed by atoms with Crippen molar-refractivity contribution in [1.82, 2.24) is 4.90 Å². The number of aliphatic hydroxyl groups is 2. The summed E-state index contributed by atoms with van der Waals surface area (Å²) >= 11 is 6.89. The van der Waals surface area contributed by atoms with E-state index < -0.39 is 17.1 Å². The van der Waals surface area contributed by atoms with Crippen LogP contribution in [0.5, 0.6) is 0 Å². The Bertz CT molecular complexity index is 917. The van der Waals surface area contributed by atoms with Crippen molar-refractivity contribution in [3.8, 4) is 0 Å². The van der Waals surface area contributed by atoms with Crippen LogP contribution in [0.2, 0.25) is 0 Å². The van der Waals surface area contributed by atoms with E-state index in [-0.39, 0.29) is 40.5 Å². The number of rotatable bonds is 3. The van der Waals surface area contributed by atoms with Gasteiger partial charge in [-0.3, -0.25) is 9.59 Å². The van der Waals surface area contributed by atoms with Gasteiger partial charge >= 0.3 is 0 Å². The summed E-state index contributed by atoms with van der Waals surface area (Å²) in [4.78, 5) is 27.6. The van der Waals surface area contributed by atoms with E-state index in [0.717, 1.165) is 38.8 Å². The van der Waals surface area contributed by atoms with Crippen molar-refractivity contribution in [1.29, 1.82) is 0 Å². The number of ether oxygens (including phenoxy) is 1. The van der Waals surface area contributed by atoms with Gasteiger partial charge in [0.15, 0.2) is 11.6 Å². The van der Waals surface area contributed by atoms with Crippen LogP contribution in [0.15, 0.2) is 11.6 Å². The standard InChI is InChI=1S/C26H37NO5S2/c1-24-7-5-17(28)13-16(24)3-4-18-19-6-8-26(31,25(19,2)14-20(29)22(18)24)21(30)15-34-23(33)27-9-11-32-12-10-27/h13,18-20,22,29,31H,3-12,14-15H2,1-2H3/t18?,19?,20?,22?,24-,25-,26-/m0/s1. The van der Waals surface area contributed by atoms with E-state index in [1.165, 1.54) is 17.3 Å². The minimum atomic E-state index is -1.43. The molecule has 0 radical (unpaired) electrons. The van der Waals surface area contributed by atoms with Crippen molar-refractivity contribution >= 4 is 39.9 Å². The van der Waals surface area contributed by atoms with Crippen molar-refractivity contribution in [3.05, 3.63) is 11.6 Å². The third-order valence-corrected chi connectivity index (χ3v) is 11.6. The SMILES string of the molecule is C[C@]12CCC(=O)C=C1CCC1C2C(O)C[C@@]2(C)C1CC[C@]2(O)C(=O)CSC(=S)N1CCOCC1. The molecule has 0 spiro atoms. The van der Waals surface area contributed by atoms with Gasteiger partial charge in [-0.2, -0.15) is 0 Å². The van der Waals surface area contributed by atoms with Gasteiger partial charge in [-0.05, 0) is 67.8 Å². The van der Waals surface area contributed by atoms with Gasteiger partial charge in [-0.15, -0.1) is 0 Å². The highest BCUT2D eigenvalue weighted by Gasteiger charge is 2.68. The van der Waals surface area contributed by atoms with Gasteiger partial charge in [0.05, 0.1) is 25.1 Å². The maximum absolute atomic E-state index is 13.5. The Hall–Kier alpha value is -0.800. The second-order valence-electron chi connectivity index (χ2n) is 11.6. The average Bonchev–Trinajstić information content (AvgIpc) is 3.09. The summed E-state index contributed by atoms with van der Waals surface area (Å²) in [5.74, 6) is 0.741. The molecule has 3 saturated carbocycles. The maximum Gasteiger partial charge on any atom is 0.175 e. The lowest BCUT2D eigenvalue weighted by atomic mass is 9.45. The number of hydrogen-bond donors (Lipinski definition) is 2. The van der Waals surface area contributed by atoms with E-state index in [2.05, 4.69) is 11.8 Å². The van der Waals surface area contributed by atoms with E-state index in [1.54, 1.807) is 0 Å². The fourth-order valence-electron chi connectivity index (χ4n) is 8.23. The summed E-state index contributed by atoms with van der Waals surface area (Å²) in [6, 6.07) is 0. The molecule has 4 unspecified atom stereocenters. The summed E-state index contributed by atoms with van der Waals surface area (Å²) < 4.78 is 6.07. The number of allylic oxidation sites excluding steroid dienone is 1. The Balaban J connectivity index is 1.34. The Morgan fingerprint density at radius 3 is 2.71 bits per heavy atom. The lowest BCUT2D eigenvalue weighted by Crippen LogP contribution is -2.62. The highest BCUT2D eigenvalue weighted by atomic mass is 32.2. The Labute approximate surface area is 211 Å². The smallest absolute Gasteiger partial charge is 0.175 e. The number of carbonyl (C=O) groups is 2. The maximum atomic E-state index is 13.5. The molecule has 0 aromatic heterocycles. The summed E-state index contributed by atoms with van der Waals surface area (Å²) in [5.41, 5.74) is -1.04. The molecule has 4 fully saturated rings. The lowest BCUT2D eigenvalue weighted by Gasteiger charge is -2.60. The number of aliphatic hydroxyl groups excluding tert-OH is 1. The molecule has 7 atom stereocenters. The molecule has 2 N–H and O–H groups in total. The van der Waals surface area contributed by atoms with Gasteiger partial charge in [-0.25, -0.2) is 0 Å². The highest BCUT2D eigenvalue weighted by molar-refractivity contribution is 8.23. The lowest BCUT2D eigenvalue weighted by molar-refractivity contribution is -0.178. The van der Waals surface area contributed by atoms with Gasteiger partial charge in [0.1, 0.15) is 9.92 Å². The van der Waals surface area contributed by atoms with Gasteiger partial charge in [0.2, 0.25) is 0 Å². The van der Waals surface area contributed by atoms with Gasteiger partial charge in [0.25, 0.3) is 0 Å². The molecule has 1 aliphatic heterocycles. The zero-order valence-electron chi connectivity index (χ0n) is 20.3. The van der Waals surface area contributed by atoms with Crippen molar-refractivity contribution in [2.75, 3.05) is 32.1 Å². The fraction of sp³-hybridized carbons (Fsp3) is 0.808. The molecular weight excluding hydrogens is 470 g/mol. The molecule has 1 saturated heterocycles. The number of hydrogen-bond acceptors (Lipinski definition) is 7. The van der Waals surface area contributed by atoms with E-state index in [9.17, 15) is 19.8 Å². The average molecular weight is 508 g/mol. The van der Waals surface area contributed by atoms with Crippen molar-refractivity contribution in [2.45, 2.75) is 70.5 Å². The first kappa shape index (κ1) is 24.9. The van der Waals surface area contributed by atoms with Crippen LogP contribution in [-0.4, -0.2) is 74.8 Å². The van der Waals surface area contributed by atoms with Crippen LogP contribution in [0.1, 0.15) is 58.8 Å². The summed E-state index contributed by atoms with van der Waals surface area (Å²) in [6.45, 7) is 7.01. The van der Waals surface area contributed by atoms with E-state index >= 15 is 0 Å². The van der Waals surface area contributed by atoms with Gasteiger partial charge in [-0.1, -0.05) is 43.4 Å². The molecule has 0 aromatic carbocycles. The van der Waals surface area contributed by atoms with Crippen LogP contribution in [0, 0.1) is 28.6 Å². The topological polar surface area (TPSA) is 87.1 Å². The molecule has 5 aliphatic rings. The zero-order chi connectivity index (χ0) is 24.3. The molecule has 0 aromatic rings. The van der Waals surface area contributed by atoms with Crippen LogP contribution in [0.4, 0.5) is 0 Å². The van der Waals surface area contributed by atoms with Crippen molar-refractivity contribution < 1.29 is 24.5 Å². The third-order valence-electron chi connectivity index (χ3n) is 10.1. The fourth-order valence-corrected chi connectivity index (χ4v) is 9.45. The highest BCUT2D eigenvalue weighted by Crippen LogP contribution is 2.67. The molecular formula is C26H37NO5S2. The van der Waals surface area contributed by atoms with E-state index in [4.69, 9.17) is 17.0 Å². The molecule has 34 heavy (non-hydrogen) atoms. The predicted octanol–water partition coefficient (Wildman–Crippen LogP) is 3.14. The van der Waals surface area contributed by atoms with Crippen LogP contribution in [0.3, 0.4) is 0 Å². The molecule has 6 nitrogen and oxygen atoms in total. The minimum Gasteiger partial charge on any atom is -0.393 e. The number of fused-ring (bicyclic) bond motifs is 5. The Morgan fingerprint density at radius 2 is 1.97 bits per heavy atom. The minimum absolute atomic E-state index is 0.0828. The Morgan fingerprint density at radius 1 is 1.24 bits per heavy atom. The second kappa shape index (κ2) is 8.94. The number of thiocarbonyl (C=S) groups is 1. The van der Waals surface area contributed by atoms with Crippen molar-refractivity contribution in [3.63, 3.8) is 0 Å². The number of carbonyl (C=O) groups excluding carboxylic acids is 2. The predicted molar refractivity (Wildman–Crippen MR) is 136 cm³/mol. The van der Waals surface area contributed by atoms with Gasteiger partial charge < -0.3 is 19.8 Å². The second-order valence-corrected chi connectivity index (χ2v) is 13.2. The van der Waals surface area contributed by atoms with Crippen LogP contribution >= 0.6 is 24.0 Å². The largest absolute Gasteiger partial charge is 0.393 e. The third kappa shape index (κ3) is 3.74. The molecule has 0 bridgehead atoms. The van der Waals surface area contributed by atoms with Gasteiger partial charge in [0, 0.05) is 24.9 Å². The first-order valence-corrected chi connectivity index (χ1v) is 14.2. The van der Waals surface area contributed by atoms with Crippen LogP contribution in [-0.2, 0) is 14.3 Å². The van der Waals surface area contributed by atoms with E-state index in [1.807, 2.05) is 13.0 Å². The first-order valence-electron chi connectivity index (χ1n) is 12.8. The number of nitrogens with zero attached hydrogens (tertiary/aromatic N) is 1.